The number of halogens is 1. The van der Waals surface area contributed by atoms with E-state index in [0.29, 0.717) is 12.7 Å². The van der Waals surface area contributed by atoms with Crippen molar-refractivity contribution in [3.05, 3.63) is 0 Å². The molecule has 1 fully saturated rings. The Bertz CT molecular complexity index is 248. The van der Waals surface area contributed by atoms with E-state index in [1.807, 2.05) is 21.6 Å². The maximum atomic E-state index is 12.2. The van der Waals surface area contributed by atoms with Crippen LogP contribution in [0.5, 0.6) is 0 Å². The molecule has 1 aliphatic heterocycles. The highest BCUT2D eigenvalue weighted by molar-refractivity contribution is 8.77. The summed E-state index contributed by atoms with van der Waals surface area (Å²) in [6.07, 6.45) is 5.05. The molecule has 0 saturated carbocycles. The topological polar surface area (TPSA) is 46.2 Å². The molecule has 1 rings (SSSR count). The minimum atomic E-state index is -0.968. The van der Waals surface area contributed by atoms with E-state index >= 15 is 0 Å². The maximum absolute atomic E-state index is 12.2. The molecule has 2 unspecified atom stereocenters. The summed E-state index contributed by atoms with van der Waals surface area (Å²) in [6, 6.07) is -0.968. The van der Waals surface area contributed by atoms with Gasteiger partial charge in [-0.1, -0.05) is 28.0 Å². The van der Waals surface area contributed by atoms with Gasteiger partial charge in [0.2, 0.25) is 5.91 Å². The molecule has 1 saturated heterocycles. The van der Waals surface area contributed by atoms with Crippen LogP contribution in [0, 0.1) is 0 Å². The highest BCUT2D eigenvalue weighted by Crippen LogP contribution is 2.39. The third-order valence-electron chi connectivity index (χ3n) is 2.58. The Labute approximate surface area is 109 Å². The van der Waals surface area contributed by atoms with Crippen molar-refractivity contribution >= 4 is 33.8 Å². The Balaban J connectivity index is 2.01. The molecule has 1 amide bonds. The normalized spacial score (nSPS) is 21.1. The smallest absolute Gasteiger partial charge is 0.220 e. The SMILES string of the molecule is O=CC(CF)NC(=O)CCCCC1CCSS1. The molecule has 98 valence electrons. The van der Waals surface area contributed by atoms with Gasteiger partial charge < -0.3 is 10.1 Å². The molecule has 0 aromatic rings. The molecule has 6 heteroatoms. The molecular formula is C11H18FNO2S2. The van der Waals surface area contributed by atoms with Crippen molar-refractivity contribution in [1.29, 1.82) is 0 Å². The second-order valence-electron chi connectivity index (χ2n) is 4.04. The predicted octanol–water partition coefficient (Wildman–Crippen LogP) is 2.35. The summed E-state index contributed by atoms with van der Waals surface area (Å²) in [6.45, 7) is -0.828. The zero-order chi connectivity index (χ0) is 12.5. The lowest BCUT2D eigenvalue weighted by atomic mass is 10.1. The lowest BCUT2D eigenvalue weighted by Crippen LogP contribution is -2.37. The third-order valence-corrected chi connectivity index (χ3v) is 5.59. The van der Waals surface area contributed by atoms with Gasteiger partial charge in [0, 0.05) is 17.4 Å². The number of hydrogen-bond donors (Lipinski definition) is 1. The molecule has 1 heterocycles. The first kappa shape index (κ1) is 14.8. The second-order valence-corrected chi connectivity index (χ2v) is 6.83. The van der Waals surface area contributed by atoms with Gasteiger partial charge in [0.25, 0.3) is 0 Å². The van der Waals surface area contributed by atoms with Crippen LogP contribution in [-0.4, -0.2) is 35.9 Å². The predicted molar refractivity (Wildman–Crippen MR) is 70.9 cm³/mol. The number of amides is 1. The number of nitrogens with one attached hydrogen (secondary N) is 1. The van der Waals surface area contributed by atoms with Gasteiger partial charge in [-0.15, -0.1) is 0 Å². The Hall–Kier alpha value is -0.230. The number of unbranched alkanes of at least 4 members (excludes halogenated alkanes) is 1. The summed E-state index contributed by atoms with van der Waals surface area (Å²) in [5, 5.41) is 3.09. The number of aldehydes is 1. The molecule has 3 nitrogen and oxygen atoms in total. The zero-order valence-electron chi connectivity index (χ0n) is 9.69. The van der Waals surface area contributed by atoms with E-state index in [9.17, 15) is 14.0 Å². The Kier molecular flexibility index (Phi) is 7.68. The standard InChI is InChI=1S/C11H18FNO2S2/c12-7-9(8-14)13-11(15)4-2-1-3-10-5-6-16-17-10/h8-10H,1-7H2,(H,13,15). The summed E-state index contributed by atoms with van der Waals surface area (Å²) in [5.41, 5.74) is 0. The summed E-state index contributed by atoms with van der Waals surface area (Å²) in [7, 11) is 3.86. The van der Waals surface area contributed by atoms with Crippen molar-refractivity contribution in [2.45, 2.75) is 43.4 Å². The van der Waals surface area contributed by atoms with E-state index in [1.165, 1.54) is 12.2 Å². The summed E-state index contributed by atoms with van der Waals surface area (Å²) < 4.78 is 12.2. The Morgan fingerprint density at radius 3 is 2.94 bits per heavy atom. The number of hydrogen-bond acceptors (Lipinski definition) is 4. The maximum Gasteiger partial charge on any atom is 0.220 e. The highest BCUT2D eigenvalue weighted by Gasteiger charge is 2.16. The van der Waals surface area contributed by atoms with Crippen molar-refractivity contribution in [1.82, 2.24) is 5.32 Å². The van der Waals surface area contributed by atoms with Gasteiger partial charge in [-0.3, -0.25) is 4.79 Å². The molecule has 0 aromatic carbocycles. The Morgan fingerprint density at radius 1 is 1.53 bits per heavy atom. The largest absolute Gasteiger partial charge is 0.344 e. The number of rotatable bonds is 8. The van der Waals surface area contributed by atoms with Crippen molar-refractivity contribution in [2.24, 2.45) is 0 Å². The fourth-order valence-corrected chi connectivity index (χ4v) is 4.64. The average Bonchev–Trinajstić information content (AvgIpc) is 2.84. The fourth-order valence-electron chi connectivity index (χ4n) is 1.61. The number of carbonyl (C=O) groups is 2. The van der Waals surface area contributed by atoms with E-state index in [2.05, 4.69) is 5.32 Å². The van der Waals surface area contributed by atoms with E-state index in [0.717, 1.165) is 24.5 Å². The molecule has 1 N–H and O–H groups in total. The molecule has 1 aliphatic rings. The fraction of sp³-hybridized carbons (Fsp3) is 0.818. The van der Waals surface area contributed by atoms with Crippen molar-refractivity contribution in [3.63, 3.8) is 0 Å². The molecule has 0 radical (unpaired) electrons. The van der Waals surface area contributed by atoms with Crippen LogP contribution in [0.1, 0.15) is 32.1 Å². The van der Waals surface area contributed by atoms with Gasteiger partial charge in [-0.2, -0.15) is 0 Å². The van der Waals surface area contributed by atoms with Crippen LogP contribution in [0.25, 0.3) is 0 Å². The monoisotopic (exact) mass is 279 g/mol. The molecule has 2 atom stereocenters. The molecular weight excluding hydrogens is 261 g/mol. The van der Waals surface area contributed by atoms with Gasteiger partial charge in [-0.25, -0.2) is 4.39 Å². The number of carbonyl (C=O) groups excluding carboxylic acids is 2. The minimum Gasteiger partial charge on any atom is -0.344 e. The van der Waals surface area contributed by atoms with E-state index < -0.39 is 12.7 Å². The first-order valence-corrected chi connectivity index (χ1v) is 8.23. The van der Waals surface area contributed by atoms with Crippen molar-refractivity contribution in [2.75, 3.05) is 12.4 Å². The van der Waals surface area contributed by atoms with Crippen LogP contribution in [0.15, 0.2) is 0 Å². The van der Waals surface area contributed by atoms with E-state index in [-0.39, 0.29) is 5.91 Å². The van der Waals surface area contributed by atoms with Crippen molar-refractivity contribution in [3.8, 4) is 0 Å². The van der Waals surface area contributed by atoms with Crippen LogP contribution >= 0.6 is 21.6 Å². The first-order chi connectivity index (χ1) is 8.26. The molecule has 0 aliphatic carbocycles. The minimum absolute atomic E-state index is 0.229. The lowest BCUT2D eigenvalue weighted by molar-refractivity contribution is -0.124. The van der Waals surface area contributed by atoms with Gasteiger partial charge >= 0.3 is 0 Å². The summed E-state index contributed by atoms with van der Waals surface area (Å²) in [5.74, 6) is 1.00. The first-order valence-electron chi connectivity index (χ1n) is 5.85. The quantitative estimate of drug-likeness (QED) is 0.421. The van der Waals surface area contributed by atoms with E-state index in [1.54, 1.807) is 0 Å². The van der Waals surface area contributed by atoms with Crippen LogP contribution in [-0.2, 0) is 9.59 Å². The van der Waals surface area contributed by atoms with Gasteiger partial charge in [-0.05, 0) is 19.3 Å². The average molecular weight is 279 g/mol. The molecule has 0 aromatic heterocycles. The van der Waals surface area contributed by atoms with Crippen LogP contribution in [0.3, 0.4) is 0 Å². The van der Waals surface area contributed by atoms with Gasteiger partial charge in [0.05, 0.1) is 0 Å². The molecule has 0 spiro atoms. The molecule has 17 heavy (non-hydrogen) atoms. The lowest BCUT2D eigenvalue weighted by Gasteiger charge is -2.09. The van der Waals surface area contributed by atoms with Gasteiger partial charge in [0.1, 0.15) is 19.0 Å². The zero-order valence-corrected chi connectivity index (χ0v) is 11.3. The summed E-state index contributed by atoms with van der Waals surface area (Å²) >= 11 is 0. The Morgan fingerprint density at radius 2 is 2.35 bits per heavy atom. The van der Waals surface area contributed by atoms with E-state index in [4.69, 9.17) is 0 Å². The molecule has 0 bridgehead atoms. The highest BCUT2D eigenvalue weighted by atomic mass is 33.1. The second kappa shape index (κ2) is 8.80. The van der Waals surface area contributed by atoms with Crippen LogP contribution in [0.4, 0.5) is 4.39 Å². The number of alkyl halides is 1. The van der Waals surface area contributed by atoms with Gasteiger partial charge in [0.15, 0.2) is 0 Å². The van der Waals surface area contributed by atoms with Crippen molar-refractivity contribution < 1.29 is 14.0 Å². The third kappa shape index (κ3) is 6.31. The summed E-state index contributed by atoms with van der Waals surface area (Å²) in [4.78, 5) is 21.6. The van der Waals surface area contributed by atoms with Crippen LogP contribution in [0.2, 0.25) is 0 Å². The van der Waals surface area contributed by atoms with Crippen LogP contribution < -0.4 is 5.32 Å².